The van der Waals surface area contributed by atoms with Crippen LogP contribution in [0.25, 0.3) is 0 Å². The second-order valence-corrected chi connectivity index (χ2v) is 16.1. The topological polar surface area (TPSA) is 187 Å². The number of carbonyl (C=O) groups is 6. The number of aliphatic carboxylic acids is 1. The smallest absolute Gasteiger partial charge is 0.328 e. The van der Waals surface area contributed by atoms with Crippen molar-refractivity contribution in [3.8, 4) is 0 Å². The standard InChI is InChI=1S/C42H62N6O8S/c1-8-10-21-43-36(50)25-48(42(55)38(28(5)9-2)46-40(54)33-18-14-15-22-47(33)7)34(27(3)4)24-35(56-29(6)49)41-45-32(26-57-41)39(53)44-31(19-20-37(51)52)23-30-16-12-11-13-17-30/h11-13,16-17,19-20,26-28,31,33-35,38H,8-10,14-15,18,21-25H2,1-7H3,(H,43,50)(H,44,53)(H,46,54)(H,51,52). The van der Waals surface area contributed by atoms with Gasteiger partial charge in [-0.3, -0.25) is 28.9 Å². The van der Waals surface area contributed by atoms with E-state index in [1.807, 2.05) is 76.9 Å². The summed E-state index contributed by atoms with van der Waals surface area (Å²) in [6.45, 7) is 11.9. The van der Waals surface area contributed by atoms with Gasteiger partial charge in [-0.25, -0.2) is 9.78 Å². The fourth-order valence-electron chi connectivity index (χ4n) is 6.89. The highest BCUT2D eigenvalue weighted by molar-refractivity contribution is 7.09. The summed E-state index contributed by atoms with van der Waals surface area (Å²) in [5, 5.41) is 19.9. The molecule has 1 aliphatic heterocycles. The summed E-state index contributed by atoms with van der Waals surface area (Å²) < 4.78 is 5.82. The third-order valence-corrected chi connectivity index (χ3v) is 11.3. The van der Waals surface area contributed by atoms with Crippen molar-refractivity contribution in [2.75, 3.05) is 26.7 Å². The van der Waals surface area contributed by atoms with E-state index in [0.717, 1.165) is 55.2 Å². The zero-order valence-corrected chi connectivity index (χ0v) is 35.3. The van der Waals surface area contributed by atoms with Crippen LogP contribution in [0.1, 0.15) is 114 Å². The predicted octanol–water partition coefficient (Wildman–Crippen LogP) is 4.90. The van der Waals surface area contributed by atoms with Crippen molar-refractivity contribution >= 4 is 46.9 Å². The third-order valence-electron chi connectivity index (χ3n) is 10.3. The molecule has 14 nitrogen and oxygen atoms in total. The van der Waals surface area contributed by atoms with Crippen molar-refractivity contribution in [1.82, 2.24) is 30.7 Å². The van der Waals surface area contributed by atoms with Gasteiger partial charge in [-0.15, -0.1) is 11.3 Å². The van der Waals surface area contributed by atoms with Crippen LogP contribution >= 0.6 is 11.3 Å². The molecule has 0 aliphatic carbocycles. The number of unbranched alkanes of at least 4 members (excludes halogenated alkanes) is 1. The highest BCUT2D eigenvalue weighted by atomic mass is 32.1. The van der Waals surface area contributed by atoms with Gasteiger partial charge in [0, 0.05) is 37.4 Å². The Kier molecular flexibility index (Phi) is 19.3. The lowest BCUT2D eigenvalue weighted by molar-refractivity contribution is -0.151. The highest BCUT2D eigenvalue weighted by Crippen LogP contribution is 2.32. The molecule has 3 rings (SSSR count). The Morgan fingerprint density at radius 2 is 1.79 bits per heavy atom. The molecule has 1 aromatic carbocycles. The fourth-order valence-corrected chi connectivity index (χ4v) is 7.72. The molecule has 1 fully saturated rings. The number of benzene rings is 1. The summed E-state index contributed by atoms with van der Waals surface area (Å²) in [6.07, 6.45) is 6.63. The minimum absolute atomic E-state index is 0.0468. The van der Waals surface area contributed by atoms with Gasteiger partial charge in [-0.1, -0.05) is 90.3 Å². The van der Waals surface area contributed by atoms with Crippen molar-refractivity contribution in [1.29, 1.82) is 0 Å². The SMILES string of the molecule is CCCCNC(=O)CN(C(=O)C(NC(=O)C1CCCCN1C)C(C)CC)C(CC(OC(C)=O)c1nc(C(=O)NC(C=CC(=O)O)Cc2ccccc2)cs1)C(C)C. The van der Waals surface area contributed by atoms with Crippen LogP contribution in [0.5, 0.6) is 0 Å². The number of nitrogens with one attached hydrogen (secondary N) is 3. The van der Waals surface area contributed by atoms with Crippen molar-refractivity contribution in [2.45, 2.75) is 123 Å². The van der Waals surface area contributed by atoms with E-state index in [4.69, 9.17) is 4.74 Å². The first kappa shape index (κ1) is 46.8. The summed E-state index contributed by atoms with van der Waals surface area (Å²) in [4.78, 5) is 87.4. The highest BCUT2D eigenvalue weighted by Gasteiger charge is 2.39. The average molecular weight is 811 g/mol. The minimum Gasteiger partial charge on any atom is -0.478 e. The molecule has 0 saturated carbocycles. The maximum atomic E-state index is 14.8. The van der Waals surface area contributed by atoms with Gasteiger partial charge in [-0.05, 0) is 56.7 Å². The van der Waals surface area contributed by atoms with E-state index >= 15 is 0 Å². The fraction of sp³-hybridized carbons (Fsp3) is 0.595. The molecule has 4 N–H and O–H groups in total. The molecule has 1 aliphatic rings. The van der Waals surface area contributed by atoms with Crippen LogP contribution in [0.4, 0.5) is 0 Å². The van der Waals surface area contributed by atoms with Crippen LogP contribution in [0.3, 0.4) is 0 Å². The summed E-state index contributed by atoms with van der Waals surface area (Å²) >= 11 is 1.11. The third kappa shape index (κ3) is 15.0. The van der Waals surface area contributed by atoms with Gasteiger partial charge in [0.1, 0.15) is 16.7 Å². The van der Waals surface area contributed by atoms with E-state index in [0.29, 0.717) is 30.8 Å². The first-order valence-electron chi connectivity index (χ1n) is 20.1. The van der Waals surface area contributed by atoms with Crippen LogP contribution in [-0.2, 0) is 35.1 Å². The van der Waals surface area contributed by atoms with E-state index in [9.17, 15) is 33.9 Å². The Balaban J connectivity index is 1.96. The van der Waals surface area contributed by atoms with Gasteiger partial charge < -0.3 is 30.7 Å². The first-order valence-corrected chi connectivity index (χ1v) is 21.0. The lowest BCUT2D eigenvalue weighted by Crippen LogP contribution is -2.60. The number of ether oxygens (including phenoxy) is 1. The van der Waals surface area contributed by atoms with Crippen LogP contribution < -0.4 is 16.0 Å². The van der Waals surface area contributed by atoms with E-state index in [1.54, 1.807) is 0 Å². The number of rotatable bonds is 22. The first-order chi connectivity index (χ1) is 27.1. The number of nitrogens with zero attached hydrogens (tertiary/aromatic N) is 3. The predicted molar refractivity (Wildman–Crippen MR) is 219 cm³/mol. The van der Waals surface area contributed by atoms with Gasteiger partial charge in [0.15, 0.2) is 6.10 Å². The number of likely N-dealkylation sites (tertiary alicyclic amines) is 1. The van der Waals surface area contributed by atoms with Crippen molar-refractivity contribution < 1.29 is 38.6 Å². The number of hydrogen-bond acceptors (Lipinski definition) is 10. The molecule has 1 saturated heterocycles. The molecule has 6 atom stereocenters. The van der Waals surface area contributed by atoms with Gasteiger partial charge >= 0.3 is 11.9 Å². The molecule has 0 spiro atoms. The monoisotopic (exact) mass is 810 g/mol. The average Bonchev–Trinajstić information content (AvgIpc) is 3.67. The van der Waals surface area contributed by atoms with E-state index in [-0.39, 0.29) is 48.4 Å². The van der Waals surface area contributed by atoms with Gasteiger partial charge in [0.05, 0.1) is 18.6 Å². The zero-order valence-electron chi connectivity index (χ0n) is 34.5. The minimum atomic E-state index is -1.15. The second kappa shape index (κ2) is 23.6. The Morgan fingerprint density at radius 1 is 1.07 bits per heavy atom. The van der Waals surface area contributed by atoms with E-state index in [1.165, 1.54) is 23.3 Å². The molecule has 6 unspecified atom stereocenters. The molecule has 15 heteroatoms. The van der Waals surface area contributed by atoms with Gasteiger partial charge in [-0.2, -0.15) is 0 Å². The lowest BCUT2D eigenvalue weighted by atomic mass is 9.92. The van der Waals surface area contributed by atoms with Crippen molar-refractivity contribution in [3.63, 3.8) is 0 Å². The summed E-state index contributed by atoms with van der Waals surface area (Å²) in [5.41, 5.74) is 0.937. The van der Waals surface area contributed by atoms with Gasteiger partial charge in [0.25, 0.3) is 5.91 Å². The summed E-state index contributed by atoms with van der Waals surface area (Å²) in [5.74, 6) is -3.76. The lowest BCUT2D eigenvalue weighted by Gasteiger charge is -2.39. The van der Waals surface area contributed by atoms with Crippen molar-refractivity contribution in [3.05, 3.63) is 64.1 Å². The Hall–Kier alpha value is -4.63. The molecule has 0 radical (unpaired) electrons. The number of aromatic nitrogens is 1. The van der Waals surface area contributed by atoms with E-state index < -0.39 is 48.0 Å². The summed E-state index contributed by atoms with van der Waals surface area (Å²) in [6, 6.07) is 6.73. The maximum absolute atomic E-state index is 14.8. The number of carboxylic acids is 1. The maximum Gasteiger partial charge on any atom is 0.328 e. The quantitative estimate of drug-likeness (QED) is 0.0724. The number of likely N-dealkylation sites (N-methyl/N-ethyl adjacent to an activating group) is 1. The number of hydrogen-bond donors (Lipinski definition) is 4. The number of carboxylic acid groups (broad SMARTS) is 1. The van der Waals surface area contributed by atoms with E-state index in [2.05, 4.69) is 20.9 Å². The Morgan fingerprint density at radius 3 is 2.40 bits per heavy atom. The number of carbonyl (C=O) groups excluding carboxylic acids is 5. The molecular weight excluding hydrogens is 749 g/mol. The second-order valence-electron chi connectivity index (χ2n) is 15.2. The Labute approximate surface area is 341 Å². The molecule has 57 heavy (non-hydrogen) atoms. The number of esters is 1. The van der Waals surface area contributed by atoms with Crippen molar-refractivity contribution in [2.24, 2.45) is 11.8 Å². The van der Waals surface area contributed by atoms with Gasteiger partial charge in [0.2, 0.25) is 17.7 Å². The van der Waals surface area contributed by atoms with Crippen LogP contribution in [0.15, 0.2) is 47.9 Å². The van der Waals surface area contributed by atoms with Crippen LogP contribution in [-0.4, -0.2) is 106 Å². The molecule has 1 aromatic heterocycles. The molecular formula is C42H62N6O8S. The molecule has 0 bridgehead atoms. The van der Waals surface area contributed by atoms with Crippen LogP contribution in [0.2, 0.25) is 0 Å². The number of thiazole rings is 1. The molecule has 2 aromatic rings. The Bertz CT molecular complexity index is 1670. The number of piperidine rings is 1. The van der Waals surface area contributed by atoms with Crippen LogP contribution in [0, 0.1) is 11.8 Å². The summed E-state index contributed by atoms with van der Waals surface area (Å²) in [7, 11) is 1.91. The molecule has 4 amide bonds. The largest absolute Gasteiger partial charge is 0.478 e. The molecule has 314 valence electrons. The zero-order chi connectivity index (χ0) is 42.1. The number of amides is 4. The normalized spacial score (nSPS) is 17.2. The molecule has 2 heterocycles.